The maximum absolute atomic E-state index is 2.70. The van der Waals surface area contributed by atoms with Crippen LogP contribution < -0.4 is 31.1 Å². The number of nitrogens with zero attached hydrogens (tertiary/aromatic N) is 4. The summed E-state index contributed by atoms with van der Waals surface area (Å²) in [6.45, 7) is 37.3. The maximum atomic E-state index is 2.70. The van der Waals surface area contributed by atoms with E-state index in [1.54, 1.807) is 0 Å². The Labute approximate surface area is 476 Å². The van der Waals surface area contributed by atoms with Crippen LogP contribution in [-0.4, -0.2) is 11.3 Å². The third-order valence-electron chi connectivity index (χ3n) is 17.7. The first-order chi connectivity index (χ1) is 37.7. The molecule has 0 spiro atoms. The summed E-state index contributed by atoms with van der Waals surface area (Å²) in [7, 11) is 0. The molecule has 0 bridgehead atoms. The van der Waals surface area contributed by atoms with E-state index in [1.165, 1.54) is 117 Å². The minimum absolute atomic E-state index is 0.00612. The Morgan fingerprint density at radius 3 is 1.44 bits per heavy atom. The summed E-state index contributed by atoms with van der Waals surface area (Å²) in [5.41, 5.74) is 28.5. The molecule has 80 heavy (non-hydrogen) atoms. The summed E-state index contributed by atoms with van der Waals surface area (Å²) in [5.74, 6) is 0. The van der Waals surface area contributed by atoms with Crippen LogP contribution in [0.15, 0.2) is 176 Å². The molecule has 0 N–H and O–H groups in total. The van der Waals surface area contributed by atoms with Crippen molar-refractivity contribution >= 4 is 96.1 Å². The molecule has 400 valence electrons. The quantitative estimate of drug-likeness (QED) is 0.160. The highest BCUT2D eigenvalue weighted by atomic mass is 15.2. The molecule has 0 saturated carbocycles. The topological polar surface area (TPSA) is 14.7 Å². The van der Waals surface area contributed by atoms with E-state index in [-0.39, 0.29) is 33.8 Å². The van der Waals surface area contributed by atoms with Gasteiger partial charge in [0, 0.05) is 50.6 Å². The molecule has 1 aromatic heterocycles. The van der Waals surface area contributed by atoms with Crippen molar-refractivity contribution in [2.24, 2.45) is 0 Å². The first kappa shape index (κ1) is 51.7. The fourth-order valence-corrected chi connectivity index (χ4v) is 13.0. The molecule has 4 nitrogen and oxygen atoms in total. The fraction of sp³-hybridized carbons (Fsp3) is 0.280. The Balaban J connectivity index is 1.12. The molecule has 10 aromatic rings. The number of hydrogen-bond acceptors (Lipinski definition) is 3. The van der Waals surface area contributed by atoms with E-state index in [0.29, 0.717) is 0 Å². The maximum Gasteiger partial charge on any atom is 0.252 e. The van der Waals surface area contributed by atoms with Crippen molar-refractivity contribution in [3.63, 3.8) is 0 Å². The predicted octanol–water partition coefficient (Wildman–Crippen LogP) is 19.1. The average Bonchev–Trinajstić information content (AvgIpc) is 1.49. The first-order valence-electron chi connectivity index (χ1n) is 29.1. The molecule has 13 rings (SSSR count). The van der Waals surface area contributed by atoms with Crippen LogP contribution in [0.25, 0.3) is 38.6 Å². The summed E-state index contributed by atoms with van der Waals surface area (Å²) in [6.07, 6.45) is 0. The summed E-state index contributed by atoms with van der Waals surface area (Å²) in [4.78, 5) is 7.75. The van der Waals surface area contributed by atoms with Crippen molar-refractivity contribution in [3.05, 3.63) is 209 Å². The van der Waals surface area contributed by atoms with Gasteiger partial charge in [-0.3, -0.25) is 0 Å². The highest BCUT2D eigenvalue weighted by molar-refractivity contribution is 7.00. The van der Waals surface area contributed by atoms with E-state index in [0.717, 1.165) is 22.7 Å². The fourth-order valence-electron chi connectivity index (χ4n) is 13.0. The van der Waals surface area contributed by atoms with Gasteiger partial charge in [0.2, 0.25) is 0 Å². The molecule has 4 heterocycles. The summed E-state index contributed by atoms with van der Waals surface area (Å²) >= 11 is 0. The van der Waals surface area contributed by atoms with Crippen LogP contribution in [0.2, 0.25) is 0 Å². The van der Waals surface area contributed by atoms with Gasteiger partial charge in [0.1, 0.15) is 0 Å². The van der Waals surface area contributed by atoms with Crippen molar-refractivity contribution in [1.82, 2.24) is 4.57 Å². The summed E-state index contributed by atoms with van der Waals surface area (Å²) < 4.78 is 2.65. The number of benzene rings is 9. The van der Waals surface area contributed by atoms with E-state index in [1.807, 2.05) is 0 Å². The van der Waals surface area contributed by atoms with Gasteiger partial charge in [-0.25, -0.2) is 0 Å². The van der Waals surface area contributed by atoms with Crippen LogP contribution in [0, 0.1) is 6.92 Å². The monoisotopic (exact) mass is 1040 g/mol. The van der Waals surface area contributed by atoms with Gasteiger partial charge in [0.25, 0.3) is 6.71 Å². The highest BCUT2D eigenvalue weighted by Crippen LogP contribution is 2.55. The second-order valence-corrected chi connectivity index (χ2v) is 28.5. The average molecular weight is 1050 g/mol. The Hall–Kier alpha value is -7.76. The normalized spacial score (nSPS) is 13.9. The van der Waals surface area contributed by atoms with E-state index >= 15 is 0 Å². The molecule has 0 amide bonds. The Bertz CT molecular complexity index is 4070. The lowest BCUT2D eigenvalue weighted by atomic mass is 9.33. The molecule has 3 aliphatic heterocycles. The number of hydrogen-bond donors (Lipinski definition) is 0. The van der Waals surface area contributed by atoms with E-state index in [9.17, 15) is 0 Å². The molecule has 0 radical (unpaired) electrons. The Morgan fingerprint density at radius 1 is 0.362 bits per heavy atom. The van der Waals surface area contributed by atoms with E-state index < -0.39 is 0 Å². The minimum atomic E-state index is -0.135. The van der Waals surface area contributed by atoms with Gasteiger partial charge in [-0.2, -0.15) is 0 Å². The zero-order chi connectivity index (χ0) is 56.3. The molecular formula is C75H77BN4. The Kier molecular flexibility index (Phi) is 11.4. The summed E-state index contributed by atoms with van der Waals surface area (Å²) in [5, 5.41) is 2.63. The van der Waals surface area contributed by atoms with Crippen LogP contribution in [0.4, 0.5) is 51.2 Å². The third kappa shape index (κ3) is 8.23. The van der Waals surface area contributed by atoms with Crippen molar-refractivity contribution < 1.29 is 0 Å². The van der Waals surface area contributed by atoms with Crippen molar-refractivity contribution in [3.8, 4) is 16.8 Å². The molecule has 9 aromatic carbocycles. The standard InChI is InChI=1S/C75H77BN4/c1-46-38-64-68-65(39-46)80-66-43-52(74(11,12)13)41-59-58-40-51(73(8,9)10)28-37-62(58)79(69(59)66)67-44-53(75(14,15)16)42-61(70(67)80)76(68)60-36-35-57(45-63(60)78(64)56-29-22-48(23-30-56)47-20-18-17-19-21-47)77(54-31-24-49(25-32-54)71(2,3)4)55-33-26-50(27-34-55)72(5,6)7/h17-45H,1-16H3. The number of fused-ring (bicyclic) bond motifs is 9. The van der Waals surface area contributed by atoms with Crippen molar-refractivity contribution in [2.75, 3.05) is 14.7 Å². The van der Waals surface area contributed by atoms with Gasteiger partial charge >= 0.3 is 0 Å². The number of rotatable bonds is 5. The van der Waals surface area contributed by atoms with Crippen molar-refractivity contribution in [2.45, 2.75) is 138 Å². The molecule has 0 fully saturated rings. The lowest BCUT2D eigenvalue weighted by Gasteiger charge is -2.47. The lowest BCUT2D eigenvalue weighted by molar-refractivity contribution is 0.590. The second-order valence-electron chi connectivity index (χ2n) is 28.5. The molecule has 0 saturated heterocycles. The van der Waals surface area contributed by atoms with Crippen LogP contribution in [0.3, 0.4) is 0 Å². The van der Waals surface area contributed by atoms with Crippen LogP contribution in [0.1, 0.15) is 137 Å². The van der Waals surface area contributed by atoms with Gasteiger partial charge in [-0.05, 0) is 186 Å². The minimum Gasteiger partial charge on any atom is -0.311 e. The third-order valence-corrected chi connectivity index (χ3v) is 17.7. The first-order valence-corrected chi connectivity index (χ1v) is 29.1. The molecule has 3 aliphatic rings. The van der Waals surface area contributed by atoms with Crippen LogP contribution >= 0.6 is 0 Å². The van der Waals surface area contributed by atoms with Gasteiger partial charge in [0.15, 0.2) is 0 Å². The number of aryl methyl sites for hydroxylation is 1. The van der Waals surface area contributed by atoms with Crippen LogP contribution in [-0.2, 0) is 27.1 Å². The predicted molar refractivity (Wildman–Crippen MR) is 347 cm³/mol. The van der Waals surface area contributed by atoms with Crippen LogP contribution in [0.5, 0.6) is 0 Å². The van der Waals surface area contributed by atoms with Gasteiger partial charge in [-0.15, -0.1) is 0 Å². The van der Waals surface area contributed by atoms with Gasteiger partial charge in [0.05, 0.1) is 28.1 Å². The number of aromatic nitrogens is 1. The molecule has 5 heteroatoms. The number of anilines is 9. The molecule has 0 unspecified atom stereocenters. The summed E-state index contributed by atoms with van der Waals surface area (Å²) in [6, 6.07) is 68.4. The lowest BCUT2D eigenvalue weighted by Crippen LogP contribution is -2.62. The second kappa shape index (κ2) is 17.6. The zero-order valence-corrected chi connectivity index (χ0v) is 50.1. The smallest absolute Gasteiger partial charge is 0.252 e. The molecule has 0 aliphatic carbocycles. The molecule has 0 atom stereocenters. The van der Waals surface area contributed by atoms with Gasteiger partial charge in [-0.1, -0.05) is 189 Å². The molecular weight excluding hydrogens is 968 g/mol. The largest absolute Gasteiger partial charge is 0.311 e. The highest BCUT2D eigenvalue weighted by Gasteiger charge is 2.47. The Morgan fingerprint density at radius 2 is 0.863 bits per heavy atom. The van der Waals surface area contributed by atoms with Crippen molar-refractivity contribution in [1.29, 1.82) is 0 Å². The van der Waals surface area contributed by atoms with E-state index in [2.05, 4.69) is 306 Å². The van der Waals surface area contributed by atoms with E-state index in [4.69, 9.17) is 0 Å². The zero-order valence-electron chi connectivity index (χ0n) is 50.1. The van der Waals surface area contributed by atoms with Gasteiger partial charge < -0.3 is 19.3 Å². The SMILES string of the molecule is Cc1cc2c3c(c1)N1c4c(cc(C(C)(C)C)cc4-n4c5ccc(C(C)(C)C)cc5c5cc(C(C)(C)C)cc1c54)B3c1ccc(N(c3ccc(C(C)(C)C)cc3)c3ccc(C(C)(C)C)cc3)cc1N2c1ccc(-c2ccccc2)cc1.